The highest BCUT2D eigenvalue weighted by Crippen LogP contribution is 2.47. The number of fused-ring (bicyclic) bond motifs is 3. The Morgan fingerprint density at radius 1 is 1.27 bits per heavy atom. The van der Waals surface area contributed by atoms with Crippen LogP contribution in [-0.2, 0) is 6.54 Å². The van der Waals surface area contributed by atoms with Crippen molar-refractivity contribution in [3.05, 3.63) is 25.0 Å². The van der Waals surface area contributed by atoms with E-state index in [1.54, 1.807) is 0 Å². The zero-order chi connectivity index (χ0) is 10.6. The van der Waals surface area contributed by atoms with Crippen molar-refractivity contribution in [1.29, 1.82) is 0 Å². The van der Waals surface area contributed by atoms with E-state index >= 15 is 0 Å². The summed E-state index contributed by atoms with van der Waals surface area (Å²) in [6.45, 7) is 5.38. The second-order valence-electron chi connectivity index (χ2n) is 3.73. The Morgan fingerprint density at radius 3 is 2.87 bits per heavy atom. The van der Waals surface area contributed by atoms with Crippen molar-refractivity contribution in [2.75, 3.05) is 5.32 Å². The summed E-state index contributed by atoms with van der Waals surface area (Å²) >= 11 is 6.30. The van der Waals surface area contributed by atoms with Gasteiger partial charge in [-0.2, -0.15) is 0 Å². The van der Waals surface area contributed by atoms with Gasteiger partial charge in [-0.3, -0.25) is 0 Å². The van der Waals surface area contributed by atoms with Gasteiger partial charge in [0.15, 0.2) is 0 Å². The van der Waals surface area contributed by atoms with Gasteiger partial charge in [-0.15, -0.1) is 22.7 Å². The highest BCUT2D eigenvalue weighted by atomic mass is 127. The average molecular weight is 347 g/mol. The molecule has 1 aliphatic heterocycles. The van der Waals surface area contributed by atoms with Crippen molar-refractivity contribution in [2.45, 2.75) is 20.4 Å². The molecule has 1 nitrogen and oxygen atoms in total. The standard InChI is InChI=1S/C11H10INS2/c1-5-3-8-11(14-5)10-7(4-13-8)9(12)6(2)15-10/h3,13H,4H2,1-2H3. The molecule has 0 saturated carbocycles. The third-order valence-corrected chi connectivity index (χ3v) is 6.81. The Bertz CT molecular complexity index is 539. The summed E-state index contributed by atoms with van der Waals surface area (Å²) in [7, 11) is 0. The molecule has 15 heavy (non-hydrogen) atoms. The minimum absolute atomic E-state index is 0.987. The van der Waals surface area contributed by atoms with Gasteiger partial charge >= 0.3 is 0 Å². The van der Waals surface area contributed by atoms with Crippen LogP contribution in [0.4, 0.5) is 5.69 Å². The fourth-order valence-corrected chi connectivity index (χ4v) is 5.11. The van der Waals surface area contributed by atoms with E-state index in [1.165, 1.54) is 34.3 Å². The Morgan fingerprint density at radius 2 is 2.07 bits per heavy atom. The molecule has 0 saturated heterocycles. The second kappa shape index (κ2) is 3.46. The molecular weight excluding hydrogens is 337 g/mol. The van der Waals surface area contributed by atoms with Crippen LogP contribution < -0.4 is 5.32 Å². The lowest BCUT2D eigenvalue weighted by Crippen LogP contribution is -2.05. The number of aryl methyl sites for hydroxylation is 2. The smallest absolute Gasteiger partial charge is 0.0680 e. The van der Waals surface area contributed by atoms with Crippen LogP contribution in [0.5, 0.6) is 0 Å². The van der Waals surface area contributed by atoms with Crippen LogP contribution in [0.25, 0.3) is 9.75 Å². The van der Waals surface area contributed by atoms with Gasteiger partial charge in [0.1, 0.15) is 0 Å². The molecule has 1 aliphatic rings. The number of thiophene rings is 2. The van der Waals surface area contributed by atoms with Crippen LogP contribution in [0.1, 0.15) is 15.3 Å². The lowest BCUT2D eigenvalue weighted by Gasteiger charge is -2.14. The molecule has 0 bridgehead atoms. The van der Waals surface area contributed by atoms with Crippen molar-refractivity contribution in [1.82, 2.24) is 0 Å². The first-order chi connectivity index (χ1) is 7.16. The molecule has 0 amide bonds. The Labute approximate surface area is 111 Å². The average Bonchev–Trinajstić information content (AvgIpc) is 2.69. The van der Waals surface area contributed by atoms with Crippen molar-refractivity contribution in [3.8, 4) is 9.75 Å². The zero-order valence-electron chi connectivity index (χ0n) is 8.48. The van der Waals surface area contributed by atoms with Crippen LogP contribution in [0.3, 0.4) is 0 Å². The molecule has 0 atom stereocenters. The number of rotatable bonds is 0. The third-order valence-electron chi connectivity index (χ3n) is 2.62. The minimum Gasteiger partial charge on any atom is -0.380 e. The van der Waals surface area contributed by atoms with E-state index in [4.69, 9.17) is 0 Å². The molecule has 0 radical (unpaired) electrons. The van der Waals surface area contributed by atoms with E-state index in [0.29, 0.717) is 0 Å². The van der Waals surface area contributed by atoms with Gasteiger partial charge in [-0.05, 0) is 42.5 Å². The summed E-state index contributed by atoms with van der Waals surface area (Å²) in [5.74, 6) is 0. The largest absolute Gasteiger partial charge is 0.380 e. The first-order valence-electron chi connectivity index (χ1n) is 4.79. The number of hydrogen-bond donors (Lipinski definition) is 1. The topological polar surface area (TPSA) is 12.0 Å². The lowest BCUT2D eigenvalue weighted by molar-refractivity contribution is 1.14. The maximum Gasteiger partial charge on any atom is 0.0680 e. The summed E-state index contributed by atoms with van der Waals surface area (Å²) in [5.41, 5.74) is 2.81. The van der Waals surface area contributed by atoms with E-state index < -0.39 is 0 Å². The van der Waals surface area contributed by atoms with Crippen LogP contribution in [-0.4, -0.2) is 0 Å². The van der Waals surface area contributed by atoms with E-state index in [-0.39, 0.29) is 0 Å². The second-order valence-corrected chi connectivity index (χ2v) is 7.29. The summed E-state index contributed by atoms with van der Waals surface area (Å²) in [4.78, 5) is 5.76. The number of anilines is 1. The monoisotopic (exact) mass is 347 g/mol. The van der Waals surface area contributed by atoms with Gasteiger partial charge in [0.2, 0.25) is 0 Å². The quantitative estimate of drug-likeness (QED) is 0.686. The van der Waals surface area contributed by atoms with Gasteiger partial charge in [0, 0.05) is 25.4 Å². The predicted octanol–water partition coefficient (Wildman–Crippen LogP) is 4.62. The Balaban J connectivity index is 2.29. The highest BCUT2D eigenvalue weighted by molar-refractivity contribution is 14.1. The number of halogens is 1. The Hall–Kier alpha value is -0.0700. The molecule has 2 aromatic heterocycles. The maximum atomic E-state index is 3.51. The van der Waals surface area contributed by atoms with Crippen LogP contribution in [0, 0.1) is 17.4 Å². The van der Waals surface area contributed by atoms with E-state index in [1.807, 2.05) is 22.7 Å². The third kappa shape index (κ3) is 1.45. The van der Waals surface area contributed by atoms with Crippen molar-refractivity contribution < 1.29 is 0 Å². The van der Waals surface area contributed by atoms with Crippen LogP contribution in [0.2, 0.25) is 0 Å². The molecule has 0 aliphatic carbocycles. The van der Waals surface area contributed by atoms with Crippen LogP contribution in [0.15, 0.2) is 6.07 Å². The summed E-state index contributed by atoms with van der Waals surface area (Å²) < 4.78 is 1.44. The first-order valence-corrected chi connectivity index (χ1v) is 7.50. The fourth-order valence-electron chi connectivity index (χ4n) is 1.91. The fraction of sp³-hybridized carbons (Fsp3) is 0.273. The highest BCUT2D eigenvalue weighted by Gasteiger charge is 2.23. The van der Waals surface area contributed by atoms with Gasteiger partial charge in [0.05, 0.1) is 15.4 Å². The molecule has 0 unspecified atom stereocenters. The predicted molar refractivity (Wildman–Crippen MR) is 77.1 cm³/mol. The van der Waals surface area contributed by atoms with Crippen LogP contribution >= 0.6 is 45.3 Å². The van der Waals surface area contributed by atoms with E-state index in [9.17, 15) is 0 Å². The summed E-state index contributed by atoms with van der Waals surface area (Å²) in [5, 5.41) is 3.51. The molecule has 0 aromatic carbocycles. The molecule has 2 aromatic rings. The molecule has 78 valence electrons. The molecule has 0 spiro atoms. The van der Waals surface area contributed by atoms with Crippen molar-refractivity contribution >= 4 is 51.0 Å². The SMILES string of the molecule is Cc1cc2c(s1)-c1sc(C)c(I)c1CN2. The molecule has 4 heteroatoms. The molecule has 3 heterocycles. The van der Waals surface area contributed by atoms with Gasteiger partial charge in [0.25, 0.3) is 0 Å². The van der Waals surface area contributed by atoms with E-state index in [2.05, 4.69) is 47.8 Å². The number of hydrogen-bond acceptors (Lipinski definition) is 3. The molecule has 0 fully saturated rings. The maximum absolute atomic E-state index is 3.51. The van der Waals surface area contributed by atoms with E-state index in [0.717, 1.165) is 6.54 Å². The summed E-state index contributed by atoms with van der Waals surface area (Å²) in [6.07, 6.45) is 0. The first kappa shape index (κ1) is 10.1. The minimum atomic E-state index is 0.987. The molecule has 3 rings (SSSR count). The Kier molecular flexibility index (Phi) is 2.33. The van der Waals surface area contributed by atoms with Gasteiger partial charge in [-0.1, -0.05) is 0 Å². The normalized spacial score (nSPS) is 13.3. The number of nitrogens with one attached hydrogen (secondary N) is 1. The van der Waals surface area contributed by atoms with Crippen molar-refractivity contribution in [2.24, 2.45) is 0 Å². The van der Waals surface area contributed by atoms with Crippen molar-refractivity contribution in [3.63, 3.8) is 0 Å². The molecular formula is C11H10INS2. The molecule has 1 N–H and O–H groups in total. The zero-order valence-corrected chi connectivity index (χ0v) is 12.3. The summed E-state index contributed by atoms with van der Waals surface area (Å²) in [6, 6.07) is 2.25. The van der Waals surface area contributed by atoms with Gasteiger partial charge in [-0.25, -0.2) is 0 Å². The lowest BCUT2D eigenvalue weighted by atomic mass is 10.1. The van der Waals surface area contributed by atoms with Gasteiger partial charge < -0.3 is 5.32 Å².